The van der Waals surface area contributed by atoms with E-state index in [2.05, 4.69) is 15.5 Å². The highest BCUT2D eigenvalue weighted by Gasteiger charge is 2.15. The molecule has 1 heterocycles. The van der Waals surface area contributed by atoms with Gasteiger partial charge in [-0.1, -0.05) is 0 Å². The van der Waals surface area contributed by atoms with E-state index in [4.69, 9.17) is 25.4 Å². The number of halogens is 2. The van der Waals surface area contributed by atoms with Gasteiger partial charge in [0.2, 0.25) is 0 Å². The first kappa shape index (κ1) is 21.0. The van der Waals surface area contributed by atoms with Crippen LogP contribution in [0.1, 0.15) is 11.1 Å². The SMILES string of the molecule is COc1ccc(-n2cnnn2)c(CO)c1F.COc1ccc(N)c(CO)c1F. The Labute approximate surface area is 158 Å². The van der Waals surface area contributed by atoms with Crippen LogP contribution in [0.5, 0.6) is 11.5 Å². The number of ether oxygens (including phenoxy) is 2. The highest BCUT2D eigenvalue weighted by molar-refractivity contribution is 5.51. The maximum atomic E-state index is 13.8. The molecular weight excluding hydrogens is 376 g/mol. The normalized spacial score (nSPS) is 10.2. The van der Waals surface area contributed by atoms with Crippen LogP contribution in [0, 0.1) is 11.6 Å². The molecule has 150 valence electrons. The second kappa shape index (κ2) is 9.58. The Balaban J connectivity index is 0.000000209. The molecule has 0 saturated carbocycles. The average Bonchev–Trinajstić information content (AvgIpc) is 3.23. The third-order valence-electron chi connectivity index (χ3n) is 3.78. The number of nitrogens with two attached hydrogens (primary N) is 1. The van der Waals surface area contributed by atoms with E-state index in [9.17, 15) is 8.78 Å². The zero-order chi connectivity index (χ0) is 20.7. The second-order valence-corrected chi connectivity index (χ2v) is 5.30. The molecular formula is C17H19F2N5O4. The Morgan fingerprint density at radius 3 is 2.04 bits per heavy atom. The van der Waals surface area contributed by atoms with Crippen molar-refractivity contribution < 1.29 is 28.5 Å². The number of aromatic nitrogens is 4. The number of anilines is 1. The van der Waals surface area contributed by atoms with Crippen LogP contribution in [0.4, 0.5) is 14.5 Å². The minimum Gasteiger partial charge on any atom is -0.494 e. The molecule has 0 amide bonds. The number of nitrogens with zero attached hydrogens (tertiary/aromatic N) is 4. The summed E-state index contributed by atoms with van der Waals surface area (Å²) in [5.41, 5.74) is 6.18. The third kappa shape index (κ3) is 4.32. The lowest BCUT2D eigenvalue weighted by Gasteiger charge is -2.10. The van der Waals surface area contributed by atoms with E-state index in [0.29, 0.717) is 5.69 Å². The van der Waals surface area contributed by atoms with Gasteiger partial charge in [-0.3, -0.25) is 0 Å². The molecule has 0 fully saturated rings. The summed E-state index contributed by atoms with van der Waals surface area (Å²) in [6.07, 6.45) is 1.32. The molecule has 1 aromatic heterocycles. The van der Waals surface area contributed by atoms with Crippen molar-refractivity contribution in [2.75, 3.05) is 20.0 Å². The van der Waals surface area contributed by atoms with Crippen molar-refractivity contribution in [3.8, 4) is 17.2 Å². The molecule has 0 aliphatic carbocycles. The molecule has 0 aliphatic rings. The van der Waals surface area contributed by atoms with Gasteiger partial charge in [0.1, 0.15) is 6.33 Å². The summed E-state index contributed by atoms with van der Waals surface area (Å²) >= 11 is 0. The molecule has 11 heteroatoms. The first-order valence-corrected chi connectivity index (χ1v) is 7.89. The fourth-order valence-electron chi connectivity index (χ4n) is 2.32. The van der Waals surface area contributed by atoms with Crippen molar-refractivity contribution in [1.29, 1.82) is 0 Å². The molecule has 0 saturated heterocycles. The molecule has 3 rings (SSSR count). The van der Waals surface area contributed by atoms with Crippen molar-refractivity contribution >= 4 is 5.69 Å². The van der Waals surface area contributed by atoms with Crippen LogP contribution in [-0.4, -0.2) is 44.6 Å². The fourth-order valence-corrected chi connectivity index (χ4v) is 2.32. The van der Waals surface area contributed by atoms with E-state index < -0.39 is 24.8 Å². The van der Waals surface area contributed by atoms with Crippen LogP contribution < -0.4 is 15.2 Å². The summed E-state index contributed by atoms with van der Waals surface area (Å²) in [6.45, 7) is -0.882. The van der Waals surface area contributed by atoms with E-state index in [1.807, 2.05) is 0 Å². The smallest absolute Gasteiger partial charge is 0.172 e. The van der Waals surface area contributed by atoms with Crippen LogP contribution in [0.25, 0.3) is 5.69 Å². The number of rotatable bonds is 5. The van der Waals surface area contributed by atoms with Crippen LogP contribution in [0.15, 0.2) is 30.6 Å². The fraction of sp³-hybridized carbons (Fsp3) is 0.235. The van der Waals surface area contributed by atoms with Crippen LogP contribution >= 0.6 is 0 Å². The molecule has 0 spiro atoms. The summed E-state index contributed by atoms with van der Waals surface area (Å²) < 4.78 is 37.7. The zero-order valence-electron chi connectivity index (χ0n) is 15.1. The van der Waals surface area contributed by atoms with Crippen LogP contribution in [-0.2, 0) is 13.2 Å². The molecule has 3 aromatic rings. The van der Waals surface area contributed by atoms with Gasteiger partial charge in [-0.15, -0.1) is 5.10 Å². The van der Waals surface area contributed by atoms with Gasteiger partial charge in [-0.25, -0.2) is 13.5 Å². The number of methoxy groups -OCH3 is 2. The Morgan fingerprint density at radius 1 is 0.964 bits per heavy atom. The lowest BCUT2D eigenvalue weighted by molar-refractivity contribution is 0.272. The standard InChI is InChI=1S/C9H9FN4O2.C8H10FNO2/c1-16-8-3-2-7(6(4-15)9(8)10)14-5-11-12-13-14;1-12-7-3-2-6(10)5(4-11)8(7)9/h2-3,5,15H,4H2,1H3;2-3,11H,4,10H2,1H3. The minimum absolute atomic E-state index is 0.0703. The van der Waals surface area contributed by atoms with E-state index >= 15 is 0 Å². The van der Waals surface area contributed by atoms with Gasteiger partial charge in [0.05, 0.1) is 33.1 Å². The second-order valence-electron chi connectivity index (χ2n) is 5.30. The van der Waals surface area contributed by atoms with Gasteiger partial charge in [0.15, 0.2) is 23.1 Å². The van der Waals surface area contributed by atoms with E-state index in [-0.39, 0.29) is 28.3 Å². The molecule has 0 aliphatic heterocycles. The third-order valence-corrected chi connectivity index (χ3v) is 3.78. The molecule has 28 heavy (non-hydrogen) atoms. The minimum atomic E-state index is -0.613. The van der Waals surface area contributed by atoms with E-state index in [1.54, 1.807) is 6.07 Å². The zero-order valence-corrected chi connectivity index (χ0v) is 15.1. The Morgan fingerprint density at radius 2 is 1.54 bits per heavy atom. The molecule has 2 aromatic carbocycles. The molecule has 4 N–H and O–H groups in total. The summed E-state index contributed by atoms with van der Waals surface area (Å²) in [6, 6.07) is 5.94. The van der Waals surface area contributed by atoms with Crippen molar-refractivity contribution in [3.63, 3.8) is 0 Å². The first-order chi connectivity index (χ1) is 13.5. The van der Waals surface area contributed by atoms with Gasteiger partial charge in [0, 0.05) is 16.8 Å². The molecule has 0 atom stereocenters. The van der Waals surface area contributed by atoms with Crippen molar-refractivity contribution in [2.45, 2.75) is 13.2 Å². The number of tetrazole rings is 1. The van der Waals surface area contributed by atoms with Gasteiger partial charge in [0.25, 0.3) is 0 Å². The highest BCUT2D eigenvalue weighted by Crippen LogP contribution is 2.26. The monoisotopic (exact) mass is 395 g/mol. The lowest BCUT2D eigenvalue weighted by atomic mass is 10.1. The Hall–Kier alpha value is -3.31. The number of benzene rings is 2. The molecule has 9 nitrogen and oxygen atoms in total. The quantitative estimate of drug-likeness (QED) is 0.550. The molecule has 0 unspecified atom stereocenters. The Bertz CT molecular complexity index is 922. The largest absolute Gasteiger partial charge is 0.494 e. The number of hydrogen-bond acceptors (Lipinski definition) is 8. The van der Waals surface area contributed by atoms with Crippen molar-refractivity contribution in [3.05, 3.63) is 53.4 Å². The number of hydrogen-bond donors (Lipinski definition) is 3. The van der Waals surface area contributed by atoms with E-state index in [1.165, 1.54) is 43.4 Å². The van der Waals surface area contributed by atoms with Gasteiger partial charge < -0.3 is 25.4 Å². The van der Waals surface area contributed by atoms with Crippen molar-refractivity contribution in [2.24, 2.45) is 0 Å². The van der Waals surface area contributed by atoms with Crippen molar-refractivity contribution in [1.82, 2.24) is 20.2 Å². The summed E-state index contributed by atoms with van der Waals surface area (Å²) in [5, 5.41) is 28.4. The first-order valence-electron chi connectivity index (χ1n) is 7.89. The molecule has 0 radical (unpaired) electrons. The number of aliphatic hydroxyl groups is 2. The average molecular weight is 395 g/mol. The predicted molar refractivity (Wildman–Crippen MR) is 94.9 cm³/mol. The number of nitrogen functional groups attached to an aromatic ring is 1. The predicted octanol–water partition coefficient (Wildman–Crippen LogP) is 1.21. The van der Waals surface area contributed by atoms with E-state index in [0.717, 1.165) is 0 Å². The lowest BCUT2D eigenvalue weighted by Crippen LogP contribution is -2.04. The highest BCUT2D eigenvalue weighted by atomic mass is 19.1. The topological polar surface area (TPSA) is 129 Å². The van der Waals surface area contributed by atoms with Crippen LogP contribution in [0.2, 0.25) is 0 Å². The summed E-state index contributed by atoms with van der Waals surface area (Å²) in [7, 11) is 2.71. The summed E-state index contributed by atoms with van der Waals surface area (Å²) in [5.74, 6) is -1.05. The van der Waals surface area contributed by atoms with Gasteiger partial charge in [-0.2, -0.15) is 0 Å². The van der Waals surface area contributed by atoms with Gasteiger partial charge >= 0.3 is 0 Å². The molecule has 0 bridgehead atoms. The maximum Gasteiger partial charge on any atom is 0.172 e. The Kier molecular flexibility index (Phi) is 7.18. The van der Waals surface area contributed by atoms with Gasteiger partial charge in [-0.05, 0) is 34.7 Å². The summed E-state index contributed by atoms with van der Waals surface area (Å²) in [4.78, 5) is 0. The van der Waals surface area contributed by atoms with Crippen LogP contribution in [0.3, 0.4) is 0 Å². The number of aliphatic hydroxyl groups excluding tert-OH is 2. The maximum absolute atomic E-state index is 13.8.